The Bertz CT molecular complexity index is 548. The van der Waals surface area contributed by atoms with Crippen LogP contribution in [0.4, 0.5) is 0 Å². The molecule has 0 unspecified atom stereocenters. The number of nitrogens with two attached hydrogens (primary N) is 1. The fourth-order valence-corrected chi connectivity index (χ4v) is 1.50. The van der Waals surface area contributed by atoms with Crippen molar-refractivity contribution in [3.05, 3.63) is 40.7 Å². The molecule has 0 saturated carbocycles. The number of rotatable bonds is 3. The summed E-state index contributed by atoms with van der Waals surface area (Å²) in [4.78, 5) is 14.9. The van der Waals surface area contributed by atoms with Gasteiger partial charge in [0, 0.05) is 17.1 Å². The van der Waals surface area contributed by atoms with Gasteiger partial charge in [-0.15, -0.1) is 0 Å². The third-order valence-electron chi connectivity index (χ3n) is 2.18. The molecule has 2 aromatic rings. The van der Waals surface area contributed by atoms with Crippen LogP contribution in [-0.4, -0.2) is 16.1 Å². The van der Waals surface area contributed by atoms with Gasteiger partial charge in [-0.1, -0.05) is 11.6 Å². The normalized spacial score (nSPS) is 10.5. The zero-order valence-electron chi connectivity index (χ0n) is 8.68. The van der Waals surface area contributed by atoms with Crippen LogP contribution in [-0.2, 0) is 6.54 Å². The maximum atomic E-state index is 10.9. The molecule has 0 fully saturated rings. The van der Waals surface area contributed by atoms with Gasteiger partial charge in [0.05, 0.1) is 0 Å². The summed E-state index contributed by atoms with van der Waals surface area (Å²) < 4.78 is 5.16. The first-order valence-corrected chi connectivity index (χ1v) is 5.18. The number of carboxylic acids is 1. The summed E-state index contributed by atoms with van der Waals surface area (Å²) in [6, 6.07) is 6.73. The van der Waals surface area contributed by atoms with E-state index in [1.807, 2.05) is 0 Å². The van der Waals surface area contributed by atoms with Crippen molar-refractivity contribution in [1.29, 1.82) is 0 Å². The van der Waals surface area contributed by atoms with Crippen LogP contribution in [0.5, 0.6) is 0 Å². The SMILES string of the molecule is NCc1nc(-c2ccc(Cl)cc2)oc1C(=O)O. The van der Waals surface area contributed by atoms with Crippen molar-refractivity contribution in [3.63, 3.8) is 0 Å². The number of benzene rings is 1. The number of aromatic nitrogens is 1. The summed E-state index contributed by atoms with van der Waals surface area (Å²) in [5.74, 6) is -1.19. The van der Waals surface area contributed by atoms with Crippen molar-refractivity contribution in [1.82, 2.24) is 4.98 Å². The van der Waals surface area contributed by atoms with Gasteiger partial charge in [-0.05, 0) is 24.3 Å². The van der Waals surface area contributed by atoms with E-state index >= 15 is 0 Å². The first kappa shape index (κ1) is 11.6. The Morgan fingerprint density at radius 2 is 2.06 bits per heavy atom. The van der Waals surface area contributed by atoms with Crippen molar-refractivity contribution in [2.75, 3.05) is 0 Å². The summed E-state index contributed by atoms with van der Waals surface area (Å²) in [7, 11) is 0. The van der Waals surface area contributed by atoms with Gasteiger partial charge >= 0.3 is 5.97 Å². The van der Waals surface area contributed by atoms with E-state index in [-0.39, 0.29) is 23.9 Å². The second-order valence-corrected chi connectivity index (χ2v) is 3.75. The fourth-order valence-electron chi connectivity index (χ4n) is 1.37. The van der Waals surface area contributed by atoms with Gasteiger partial charge in [0.2, 0.25) is 11.7 Å². The number of carboxylic acid groups (broad SMARTS) is 1. The monoisotopic (exact) mass is 252 g/mol. The first-order valence-electron chi connectivity index (χ1n) is 4.81. The molecule has 88 valence electrons. The lowest BCUT2D eigenvalue weighted by Crippen LogP contribution is -2.04. The van der Waals surface area contributed by atoms with Gasteiger partial charge < -0.3 is 15.3 Å². The summed E-state index contributed by atoms with van der Waals surface area (Å²) in [6.07, 6.45) is 0. The zero-order chi connectivity index (χ0) is 12.4. The molecule has 3 N–H and O–H groups in total. The number of nitrogens with zero attached hydrogens (tertiary/aromatic N) is 1. The number of hydrogen-bond donors (Lipinski definition) is 2. The molecule has 0 aliphatic rings. The van der Waals surface area contributed by atoms with Gasteiger partial charge in [0.25, 0.3) is 0 Å². The minimum absolute atomic E-state index is 0.0126. The highest BCUT2D eigenvalue weighted by atomic mass is 35.5. The van der Waals surface area contributed by atoms with Crippen LogP contribution in [0.2, 0.25) is 5.02 Å². The fraction of sp³-hybridized carbons (Fsp3) is 0.0909. The summed E-state index contributed by atoms with van der Waals surface area (Å²) in [5.41, 5.74) is 6.27. The topological polar surface area (TPSA) is 89.4 Å². The molecule has 0 amide bonds. The van der Waals surface area contributed by atoms with Crippen LogP contribution < -0.4 is 5.73 Å². The molecule has 1 heterocycles. The highest BCUT2D eigenvalue weighted by molar-refractivity contribution is 6.30. The molecule has 0 saturated heterocycles. The van der Waals surface area contributed by atoms with Crippen molar-refractivity contribution in [2.24, 2.45) is 5.73 Å². The number of hydrogen-bond acceptors (Lipinski definition) is 4. The van der Waals surface area contributed by atoms with Gasteiger partial charge in [-0.3, -0.25) is 0 Å². The lowest BCUT2D eigenvalue weighted by atomic mass is 10.2. The van der Waals surface area contributed by atoms with Crippen LogP contribution in [0.3, 0.4) is 0 Å². The Labute approximate surface area is 102 Å². The van der Waals surface area contributed by atoms with Crippen LogP contribution in [0.1, 0.15) is 16.2 Å². The Kier molecular flexibility index (Phi) is 3.12. The molecule has 2 rings (SSSR count). The summed E-state index contributed by atoms with van der Waals surface area (Å²) >= 11 is 5.75. The quantitative estimate of drug-likeness (QED) is 0.874. The predicted molar refractivity (Wildman–Crippen MR) is 61.8 cm³/mol. The van der Waals surface area contributed by atoms with E-state index in [0.29, 0.717) is 10.6 Å². The van der Waals surface area contributed by atoms with Gasteiger partial charge in [-0.2, -0.15) is 0 Å². The number of halogens is 1. The lowest BCUT2D eigenvalue weighted by Gasteiger charge is -1.94. The number of aromatic carboxylic acids is 1. The summed E-state index contributed by atoms with van der Waals surface area (Å²) in [5, 5.41) is 9.47. The predicted octanol–water partition coefficient (Wildman–Crippen LogP) is 2.15. The first-order chi connectivity index (χ1) is 8.11. The molecule has 5 nitrogen and oxygen atoms in total. The average molecular weight is 253 g/mol. The van der Waals surface area contributed by atoms with Gasteiger partial charge in [0.15, 0.2) is 0 Å². The van der Waals surface area contributed by atoms with E-state index in [9.17, 15) is 4.79 Å². The molecule has 0 aliphatic carbocycles. The van der Waals surface area contributed by atoms with Crippen LogP contribution >= 0.6 is 11.6 Å². The minimum atomic E-state index is -1.18. The average Bonchev–Trinajstić information content (AvgIpc) is 2.74. The Morgan fingerprint density at radius 3 is 2.53 bits per heavy atom. The molecule has 0 aliphatic heterocycles. The zero-order valence-corrected chi connectivity index (χ0v) is 9.44. The Balaban J connectivity index is 2.46. The second-order valence-electron chi connectivity index (χ2n) is 3.31. The van der Waals surface area contributed by atoms with E-state index in [1.165, 1.54) is 0 Å². The number of carbonyl (C=O) groups is 1. The standard InChI is InChI=1S/C11H9ClN2O3/c12-7-3-1-6(2-4-7)10-14-8(5-13)9(17-10)11(15)16/h1-4H,5,13H2,(H,15,16). The largest absolute Gasteiger partial charge is 0.475 e. The third-order valence-corrected chi connectivity index (χ3v) is 2.43. The molecule has 0 radical (unpaired) electrons. The van der Waals surface area contributed by atoms with E-state index in [0.717, 1.165) is 0 Å². The molecule has 0 bridgehead atoms. The van der Waals surface area contributed by atoms with Gasteiger partial charge in [0.1, 0.15) is 5.69 Å². The van der Waals surface area contributed by atoms with Crippen LogP contribution in [0.25, 0.3) is 11.5 Å². The molecular weight excluding hydrogens is 244 g/mol. The van der Waals surface area contributed by atoms with Crippen LogP contribution in [0, 0.1) is 0 Å². The van der Waals surface area contributed by atoms with E-state index < -0.39 is 5.97 Å². The second kappa shape index (κ2) is 4.57. The smallest absolute Gasteiger partial charge is 0.373 e. The molecule has 0 atom stereocenters. The molecule has 17 heavy (non-hydrogen) atoms. The molecule has 1 aromatic heterocycles. The van der Waals surface area contributed by atoms with Crippen molar-refractivity contribution in [2.45, 2.75) is 6.54 Å². The molecule has 1 aromatic carbocycles. The van der Waals surface area contributed by atoms with E-state index in [1.54, 1.807) is 24.3 Å². The third kappa shape index (κ3) is 2.30. The highest BCUT2D eigenvalue weighted by Crippen LogP contribution is 2.23. The lowest BCUT2D eigenvalue weighted by molar-refractivity contribution is 0.0662. The summed E-state index contributed by atoms with van der Waals surface area (Å²) in [6.45, 7) is 0.0126. The Morgan fingerprint density at radius 1 is 1.41 bits per heavy atom. The van der Waals surface area contributed by atoms with Crippen molar-refractivity contribution < 1.29 is 14.3 Å². The molecule has 6 heteroatoms. The van der Waals surface area contributed by atoms with Crippen molar-refractivity contribution in [3.8, 4) is 11.5 Å². The van der Waals surface area contributed by atoms with E-state index in [2.05, 4.69) is 4.98 Å². The highest BCUT2D eigenvalue weighted by Gasteiger charge is 2.18. The molecule has 0 spiro atoms. The van der Waals surface area contributed by atoms with Gasteiger partial charge in [-0.25, -0.2) is 9.78 Å². The number of oxazole rings is 1. The Hall–Kier alpha value is -1.85. The molecular formula is C11H9ClN2O3. The van der Waals surface area contributed by atoms with Crippen LogP contribution in [0.15, 0.2) is 28.7 Å². The minimum Gasteiger partial charge on any atom is -0.475 e. The van der Waals surface area contributed by atoms with E-state index in [4.69, 9.17) is 26.9 Å². The maximum Gasteiger partial charge on any atom is 0.373 e. The maximum absolute atomic E-state index is 10.9. The van der Waals surface area contributed by atoms with Crippen molar-refractivity contribution >= 4 is 17.6 Å².